The summed E-state index contributed by atoms with van der Waals surface area (Å²) in [6, 6.07) is 0. The second kappa shape index (κ2) is 6.47. The molecular weight excluding hydrogens is 253 g/mol. The second-order valence-electron chi connectivity index (χ2n) is 6.42. The number of alkyl halides is 3. The Kier molecular flexibility index (Phi) is 5.72. The van der Waals surface area contributed by atoms with Crippen molar-refractivity contribution in [2.75, 3.05) is 6.61 Å². The molecule has 1 fully saturated rings. The van der Waals surface area contributed by atoms with Gasteiger partial charge in [0.2, 0.25) is 0 Å². The van der Waals surface area contributed by atoms with Crippen LogP contribution in [-0.4, -0.2) is 18.4 Å². The quantitative estimate of drug-likeness (QED) is 0.673. The molecule has 0 aromatic heterocycles. The molecule has 0 atom stereocenters. The third kappa shape index (κ3) is 3.65. The van der Waals surface area contributed by atoms with Crippen LogP contribution in [0.25, 0.3) is 0 Å². The summed E-state index contributed by atoms with van der Waals surface area (Å²) < 4.78 is 46.0. The topological polar surface area (TPSA) is 9.23 Å². The Morgan fingerprint density at radius 1 is 0.947 bits per heavy atom. The van der Waals surface area contributed by atoms with E-state index in [4.69, 9.17) is 4.74 Å². The predicted octanol–water partition coefficient (Wildman–Crippen LogP) is 5.20. The minimum absolute atomic E-state index is 0.246. The van der Waals surface area contributed by atoms with Crippen LogP contribution in [0.1, 0.15) is 59.8 Å². The average molecular weight is 280 g/mol. The Bertz CT molecular complexity index is 257. The van der Waals surface area contributed by atoms with Crippen molar-refractivity contribution in [1.29, 1.82) is 0 Å². The predicted molar refractivity (Wildman–Crippen MR) is 71.0 cm³/mol. The Labute approximate surface area is 114 Å². The number of ether oxygens (including phenoxy) is 1. The van der Waals surface area contributed by atoms with Crippen molar-refractivity contribution in [3.63, 3.8) is 0 Å². The fourth-order valence-electron chi connectivity index (χ4n) is 3.35. The van der Waals surface area contributed by atoms with E-state index in [0.29, 0.717) is 5.92 Å². The Balaban J connectivity index is 2.78. The molecule has 0 aromatic rings. The molecule has 1 aliphatic carbocycles. The van der Waals surface area contributed by atoms with Crippen LogP contribution in [0.3, 0.4) is 0 Å². The number of halogens is 3. The lowest BCUT2D eigenvalue weighted by Gasteiger charge is -2.43. The SMILES string of the molecule is CC(C)C(OCC1CCCCC1)(C(C)C)C(F)(F)F. The number of hydrogen-bond acceptors (Lipinski definition) is 1. The maximum absolute atomic E-state index is 13.5. The van der Waals surface area contributed by atoms with E-state index < -0.39 is 23.6 Å². The summed E-state index contributed by atoms with van der Waals surface area (Å²) in [5.74, 6) is -0.847. The van der Waals surface area contributed by atoms with E-state index in [-0.39, 0.29) is 6.61 Å². The molecule has 0 aliphatic heterocycles. The van der Waals surface area contributed by atoms with E-state index in [1.54, 1.807) is 27.7 Å². The van der Waals surface area contributed by atoms with E-state index in [9.17, 15) is 13.2 Å². The highest BCUT2D eigenvalue weighted by Gasteiger charge is 2.60. The van der Waals surface area contributed by atoms with Crippen molar-refractivity contribution in [2.24, 2.45) is 17.8 Å². The first kappa shape index (κ1) is 16.8. The van der Waals surface area contributed by atoms with Gasteiger partial charge in [0.25, 0.3) is 0 Å². The molecule has 114 valence electrons. The summed E-state index contributed by atoms with van der Waals surface area (Å²) in [7, 11) is 0. The van der Waals surface area contributed by atoms with Gasteiger partial charge in [0, 0.05) is 0 Å². The molecule has 0 spiro atoms. The van der Waals surface area contributed by atoms with Gasteiger partial charge in [0.05, 0.1) is 6.61 Å². The van der Waals surface area contributed by atoms with Crippen LogP contribution < -0.4 is 0 Å². The highest BCUT2D eigenvalue weighted by Crippen LogP contribution is 2.45. The van der Waals surface area contributed by atoms with E-state index in [1.807, 2.05) is 0 Å². The molecular formula is C15H27F3O. The van der Waals surface area contributed by atoms with Gasteiger partial charge in [0.15, 0.2) is 5.60 Å². The normalized spacial score (nSPS) is 19.4. The van der Waals surface area contributed by atoms with Gasteiger partial charge in [-0.1, -0.05) is 47.0 Å². The molecule has 0 radical (unpaired) electrons. The molecule has 1 saturated carbocycles. The molecule has 19 heavy (non-hydrogen) atoms. The van der Waals surface area contributed by atoms with Gasteiger partial charge in [0.1, 0.15) is 0 Å². The molecule has 1 aliphatic rings. The maximum Gasteiger partial charge on any atom is 0.417 e. The Morgan fingerprint density at radius 3 is 1.79 bits per heavy atom. The fraction of sp³-hybridized carbons (Fsp3) is 1.00. The van der Waals surface area contributed by atoms with Crippen LogP contribution in [0.2, 0.25) is 0 Å². The first-order valence-corrected chi connectivity index (χ1v) is 7.42. The van der Waals surface area contributed by atoms with Gasteiger partial charge in [-0.15, -0.1) is 0 Å². The van der Waals surface area contributed by atoms with Gasteiger partial charge < -0.3 is 4.74 Å². The average Bonchev–Trinajstić information content (AvgIpc) is 2.28. The van der Waals surface area contributed by atoms with Crippen molar-refractivity contribution >= 4 is 0 Å². The summed E-state index contributed by atoms with van der Waals surface area (Å²) >= 11 is 0. The van der Waals surface area contributed by atoms with Gasteiger partial charge in [-0.3, -0.25) is 0 Å². The third-order valence-corrected chi connectivity index (χ3v) is 4.44. The lowest BCUT2D eigenvalue weighted by molar-refractivity contribution is -0.313. The number of hydrogen-bond donors (Lipinski definition) is 0. The summed E-state index contributed by atoms with van der Waals surface area (Å²) in [6.45, 7) is 6.67. The summed E-state index contributed by atoms with van der Waals surface area (Å²) in [5.41, 5.74) is -2.01. The standard InChI is InChI=1S/C15H27F3O/c1-11(2)14(12(3)4,15(16,17)18)19-10-13-8-6-5-7-9-13/h11-13H,5-10H2,1-4H3. The van der Waals surface area contributed by atoms with Crippen molar-refractivity contribution in [3.05, 3.63) is 0 Å². The van der Waals surface area contributed by atoms with Crippen LogP contribution in [0, 0.1) is 17.8 Å². The van der Waals surface area contributed by atoms with E-state index >= 15 is 0 Å². The summed E-state index contributed by atoms with van der Waals surface area (Å²) in [6.07, 6.45) is 1.14. The van der Waals surface area contributed by atoms with Crippen LogP contribution in [0.15, 0.2) is 0 Å². The molecule has 0 aromatic carbocycles. The lowest BCUT2D eigenvalue weighted by Crippen LogP contribution is -2.56. The third-order valence-electron chi connectivity index (χ3n) is 4.44. The molecule has 0 bridgehead atoms. The molecule has 0 heterocycles. The zero-order valence-corrected chi connectivity index (χ0v) is 12.5. The molecule has 0 amide bonds. The molecule has 1 rings (SSSR count). The van der Waals surface area contributed by atoms with Crippen molar-refractivity contribution in [2.45, 2.75) is 71.6 Å². The lowest BCUT2D eigenvalue weighted by atomic mass is 9.79. The highest BCUT2D eigenvalue weighted by atomic mass is 19.4. The molecule has 0 N–H and O–H groups in total. The van der Waals surface area contributed by atoms with Crippen LogP contribution in [0.5, 0.6) is 0 Å². The molecule has 1 nitrogen and oxygen atoms in total. The largest absolute Gasteiger partial charge is 0.417 e. The molecule has 4 heteroatoms. The molecule has 0 saturated heterocycles. The van der Waals surface area contributed by atoms with Gasteiger partial charge in [-0.05, 0) is 30.6 Å². The van der Waals surface area contributed by atoms with Crippen LogP contribution >= 0.6 is 0 Å². The van der Waals surface area contributed by atoms with Crippen molar-refractivity contribution in [3.8, 4) is 0 Å². The monoisotopic (exact) mass is 280 g/mol. The second-order valence-corrected chi connectivity index (χ2v) is 6.42. The van der Waals surface area contributed by atoms with Crippen molar-refractivity contribution < 1.29 is 17.9 Å². The highest BCUT2D eigenvalue weighted by molar-refractivity contribution is 4.94. The van der Waals surface area contributed by atoms with E-state index in [2.05, 4.69) is 0 Å². The number of rotatable bonds is 5. The Hall–Kier alpha value is -0.250. The van der Waals surface area contributed by atoms with Crippen molar-refractivity contribution in [1.82, 2.24) is 0 Å². The first-order chi connectivity index (χ1) is 8.72. The van der Waals surface area contributed by atoms with Crippen LogP contribution in [-0.2, 0) is 4.74 Å². The zero-order valence-electron chi connectivity index (χ0n) is 12.5. The summed E-state index contributed by atoms with van der Waals surface area (Å²) in [4.78, 5) is 0. The first-order valence-electron chi connectivity index (χ1n) is 7.42. The minimum Gasteiger partial charge on any atom is -0.365 e. The van der Waals surface area contributed by atoms with Gasteiger partial charge in [-0.2, -0.15) is 13.2 Å². The van der Waals surface area contributed by atoms with E-state index in [1.165, 1.54) is 6.42 Å². The van der Waals surface area contributed by atoms with Gasteiger partial charge >= 0.3 is 6.18 Å². The zero-order chi connectivity index (χ0) is 14.7. The maximum atomic E-state index is 13.5. The summed E-state index contributed by atoms with van der Waals surface area (Å²) in [5, 5.41) is 0. The van der Waals surface area contributed by atoms with Crippen LogP contribution in [0.4, 0.5) is 13.2 Å². The smallest absolute Gasteiger partial charge is 0.365 e. The minimum atomic E-state index is -4.32. The van der Waals surface area contributed by atoms with Gasteiger partial charge in [-0.25, -0.2) is 0 Å². The van der Waals surface area contributed by atoms with E-state index in [0.717, 1.165) is 25.7 Å². The fourth-order valence-corrected chi connectivity index (χ4v) is 3.35. The molecule has 0 unspecified atom stereocenters. The Morgan fingerprint density at radius 2 is 1.42 bits per heavy atom.